The van der Waals surface area contributed by atoms with Crippen LogP contribution in [0.5, 0.6) is 0 Å². The maximum Gasteiger partial charge on any atom is 0.0542 e. The molecule has 0 saturated heterocycles. The lowest BCUT2D eigenvalue weighted by atomic mass is 10.4. The molecule has 1 atom stereocenters. The Balaban J connectivity index is 1.81. The smallest absolute Gasteiger partial charge is 0.0542 e. The molecule has 2 nitrogen and oxygen atoms in total. The van der Waals surface area contributed by atoms with Gasteiger partial charge in [0, 0.05) is 28.3 Å². The minimum atomic E-state index is -0.901. The highest BCUT2D eigenvalue weighted by Crippen LogP contribution is 2.18. The molecular weight excluding hydrogens is 230 g/mol. The van der Waals surface area contributed by atoms with E-state index in [1.165, 1.54) is 12.8 Å². The van der Waals surface area contributed by atoms with Crippen LogP contribution in [0.2, 0.25) is 5.02 Å². The standard InChI is InChI=1S/C11H14ClNOS/c12-9-1-5-11(6-2-9)15(14)8-7-13-10-3-4-10/h1-2,5-6,10,13H,3-4,7-8H2. The summed E-state index contributed by atoms with van der Waals surface area (Å²) in [4.78, 5) is 0.858. The van der Waals surface area contributed by atoms with E-state index in [2.05, 4.69) is 5.32 Å². The summed E-state index contributed by atoms with van der Waals surface area (Å²) >= 11 is 5.76. The zero-order chi connectivity index (χ0) is 10.7. The third-order valence-corrected chi connectivity index (χ3v) is 4.00. The Morgan fingerprint density at radius 3 is 2.60 bits per heavy atom. The number of nitrogens with one attached hydrogen (secondary N) is 1. The van der Waals surface area contributed by atoms with Crippen LogP contribution in [0.4, 0.5) is 0 Å². The fourth-order valence-corrected chi connectivity index (χ4v) is 2.45. The van der Waals surface area contributed by atoms with Crippen molar-refractivity contribution in [2.75, 3.05) is 12.3 Å². The van der Waals surface area contributed by atoms with Gasteiger partial charge in [0.1, 0.15) is 0 Å². The van der Waals surface area contributed by atoms with Crippen LogP contribution in [-0.2, 0) is 10.8 Å². The van der Waals surface area contributed by atoms with Gasteiger partial charge in [-0.2, -0.15) is 0 Å². The first kappa shape index (κ1) is 11.1. The predicted octanol–water partition coefficient (Wildman–Crippen LogP) is 2.20. The molecule has 82 valence electrons. The second kappa shape index (κ2) is 5.10. The lowest BCUT2D eigenvalue weighted by molar-refractivity contribution is 0.672. The van der Waals surface area contributed by atoms with Crippen LogP contribution in [-0.4, -0.2) is 22.5 Å². The minimum absolute atomic E-state index is 0.679. The summed E-state index contributed by atoms with van der Waals surface area (Å²) in [6, 6.07) is 7.91. The molecular formula is C11H14ClNOS. The summed E-state index contributed by atoms with van der Waals surface area (Å²) in [6.07, 6.45) is 2.54. The van der Waals surface area contributed by atoms with Gasteiger partial charge in [-0.1, -0.05) is 11.6 Å². The molecule has 1 unspecified atom stereocenters. The van der Waals surface area contributed by atoms with Gasteiger partial charge < -0.3 is 5.32 Å². The Labute approximate surface area is 97.5 Å². The maximum absolute atomic E-state index is 11.8. The van der Waals surface area contributed by atoms with Crippen molar-refractivity contribution < 1.29 is 4.21 Å². The van der Waals surface area contributed by atoms with Gasteiger partial charge in [0.25, 0.3) is 0 Å². The Morgan fingerprint density at radius 2 is 2.00 bits per heavy atom. The van der Waals surface area contributed by atoms with E-state index in [0.29, 0.717) is 16.8 Å². The SMILES string of the molecule is O=S(CCNC1CC1)c1ccc(Cl)cc1. The Morgan fingerprint density at radius 1 is 1.33 bits per heavy atom. The maximum atomic E-state index is 11.8. The fraction of sp³-hybridized carbons (Fsp3) is 0.455. The molecule has 1 aromatic carbocycles. The van der Waals surface area contributed by atoms with Crippen molar-refractivity contribution in [3.05, 3.63) is 29.3 Å². The second-order valence-electron chi connectivity index (χ2n) is 3.73. The first-order chi connectivity index (χ1) is 7.25. The van der Waals surface area contributed by atoms with Crippen molar-refractivity contribution in [1.82, 2.24) is 5.32 Å². The molecule has 1 fully saturated rings. The highest BCUT2D eigenvalue weighted by Gasteiger charge is 2.19. The molecule has 0 heterocycles. The van der Waals surface area contributed by atoms with Gasteiger partial charge in [-0.15, -0.1) is 0 Å². The number of hydrogen-bond donors (Lipinski definition) is 1. The highest BCUT2D eigenvalue weighted by atomic mass is 35.5. The topological polar surface area (TPSA) is 29.1 Å². The van der Waals surface area contributed by atoms with Gasteiger partial charge >= 0.3 is 0 Å². The minimum Gasteiger partial charge on any atom is -0.313 e. The van der Waals surface area contributed by atoms with Gasteiger partial charge in [-0.25, -0.2) is 0 Å². The van der Waals surface area contributed by atoms with Crippen LogP contribution >= 0.6 is 11.6 Å². The molecule has 0 radical (unpaired) electrons. The van der Waals surface area contributed by atoms with Gasteiger partial charge in [0.15, 0.2) is 0 Å². The highest BCUT2D eigenvalue weighted by molar-refractivity contribution is 7.85. The van der Waals surface area contributed by atoms with E-state index in [9.17, 15) is 4.21 Å². The molecule has 0 aromatic heterocycles. The third kappa shape index (κ3) is 3.59. The third-order valence-electron chi connectivity index (χ3n) is 2.37. The predicted molar refractivity (Wildman–Crippen MR) is 63.8 cm³/mol. The van der Waals surface area contributed by atoms with Crippen LogP contribution in [0.15, 0.2) is 29.2 Å². The first-order valence-electron chi connectivity index (χ1n) is 5.13. The average molecular weight is 244 g/mol. The monoisotopic (exact) mass is 243 g/mol. The molecule has 15 heavy (non-hydrogen) atoms. The van der Waals surface area contributed by atoms with Crippen LogP contribution in [0.3, 0.4) is 0 Å². The van der Waals surface area contributed by atoms with Crippen LogP contribution < -0.4 is 5.32 Å². The van der Waals surface area contributed by atoms with Gasteiger partial charge in [0.2, 0.25) is 0 Å². The molecule has 4 heteroatoms. The van der Waals surface area contributed by atoms with E-state index < -0.39 is 10.8 Å². The van der Waals surface area contributed by atoms with Gasteiger partial charge in [-0.3, -0.25) is 4.21 Å². The summed E-state index contributed by atoms with van der Waals surface area (Å²) in [7, 11) is -0.901. The number of halogens is 1. The molecule has 0 aliphatic heterocycles. The van der Waals surface area contributed by atoms with Crippen molar-refractivity contribution in [1.29, 1.82) is 0 Å². The van der Waals surface area contributed by atoms with Gasteiger partial charge in [0.05, 0.1) is 10.8 Å². The Hall–Kier alpha value is -0.380. The summed E-state index contributed by atoms with van der Waals surface area (Å²) in [5, 5.41) is 4.04. The number of hydrogen-bond acceptors (Lipinski definition) is 2. The summed E-state index contributed by atoms with van der Waals surface area (Å²) < 4.78 is 11.8. The van der Waals surface area contributed by atoms with Crippen LogP contribution in [0.1, 0.15) is 12.8 Å². The molecule has 0 bridgehead atoms. The Kier molecular flexibility index (Phi) is 3.78. The average Bonchev–Trinajstić information content (AvgIpc) is 3.02. The largest absolute Gasteiger partial charge is 0.313 e. The second-order valence-corrected chi connectivity index (χ2v) is 5.74. The van der Waals surface area contributed by atoms with E-state index in [-0.39, 0.29) is 0 Å². The zero-order valence-corrected chi connectivity index (χ0v) is 9.98. The molecule has 1 aliphatic rings. The molecule has 1 saturated carbocycles. The van der Waals surface area contributed by atoms with E-state index >= 15 is 0 Å². The van der Waals surface area contributed by atoms with Crippen molar-refractivity contribution in [3.63, 3.8) is 0 Å². The van der Waals surface area contributed by atoms with Crippen molar-refractivity contribution in [2.24, 2.45) is 0 Å². The lowest BCUT2D eigenvalue weighted by Crippen LogP contribution is -2.22. The number of benzene rings is 1. The van der Waals surface area contributed by atoms with Crippen LogP contribution in [0, 0.1) is 0 Å². The molecule has 0 spiro atoms. The quantitative estimate of drug-likeness (QED) is 0.859. The lowest BCUT2D eigenvalue weighted by Gasteiger charge is -2.03. The summed E-state index contributed by atoms with van der Waals surface area (Å²) in [5.74, 6) is 0.679. The van der Waals surface area contributed by atoms with E-state index in [0.717, 1.165) is 11.4 Å². The van der Waals surface area contributed by atoms with Crippen molar-refractivity contribution >= 4 is 22.4 Å². The van der Waals surface area contributed by atoms with E-state index in [1.54, 1.807) is 12.1 Å². The first-order valence-corrected chi connectivity index (χ1v) is 6.83. The normalized spacial score (nSPS) is 17.7. The molecule has 1 N–H and O–H groups in total. The van der Waals surface area contributed by atoms with Gasteiger partial charge in [-0.05, 0) is 37.1 Å². The molecule has 2 rings (SSSR count). The number of rotatable bonds is 5. The van der Waals surface area contributed by atoms with Crippen molar-refractivity contribution in [3.8, 4) is 0 Å². The molecule has 0 amide bonds. The van der Waals surface area contributed by atoms with Crippen LogP contribution in [0.25, 0.3) is 0 Å². The zero-order valence-electron chi connectivity index (χ0n) is 8.41. The van der Waals surface area contributed by atoms with E-state index in [4.69, 9.17) is 11.6 Å². The van der Waals surface area contributed by atoms with E-state index in [1.807, 2.05) is 12.1 Å². The molecule has 1 aromatic rings. The molecule has 1 aliphatic carbocycles. The van der Waals surface area contributed by atoms with Crippen molar-refractivity contribution in [2.45, 2.75) is 23.8 Å². The Bertz CT molecular complexity index is 348. The summed E-state index contributed by atoms with van der Waals surface area (Å²) in [5.41, 5.74) is 0. The summed E-state index contributed by atoms with van der Waals surface area (Å²) in [6.45, 7) is 0.833. The fourth-order valence-electron chi connectivity index (χ4n) is 1.35.